The third-order valence-corrected chi connectivity index (χ3v) is 5.58. The number of hydrogen-bond acceptors (Lipinski definition) is 10. The van der Waals surface area contributed by atoms with E-state index in [2.05, 4.69) is 10.2 Å². The molecule has 1 aliphatic carbocycles. The SMILES string of the molecule is COC(=O)C12CN=NC1C(OC)=C(Cl)C(=O)C21OC(=O)c2c(O)cc(C)cc2O1. The van der Waals surface area contributed by atoms with E-state index >= 15 is 0 Å². The van der Waals surface area contributed by atoms with Gasteiger partial charge in [0.15, 0.2) is 6.04 Å². The molecule has 2 heterocycles. The van der Waals surface area contributed by atoms with Crippen LogP contribution in [0, 0.1) is 12.3 Å². The molecule has 1 aromatic carbocycles. The number of Topliss-reactive ketones (excluding diaryl/α,β-unsaturated/α-hetero) is 1. The van der Waals surface area contributed by atoms with E-state index in [1.54, 1.807) is 6.92 Å². The van der Waals surface area contributed by atoms with Gasteiger partial charge < -0.3 is 24.1 Å². The molecule has 11 heteroatoms. The number of fused-ring (bicyclic) bond motifs is 3. The molecule has 152 valence electrons. The Hall–Kier alpha value is -3.14. The third kappa shape index (κ3) is 2.20. The van der Waals surface area contributed by atoms with Crippen LogP contribution in [0.15, 0.2) is 33.2 Å². The van der Waals surface area contributed by atoms with E-state index in [0.29, 0.717) is 5.56 Å². The molecule has 1 aromatic rings. The molecule has 0 saturated heterocycles. The fourth-order valence-corrected chi connectivity index (χ4v) is 4.21. The second kappa shape index (κ2) is 6.18. The highest BCUT2D eigenvalue weighted by Gasteiger charge is 2.78. The Balaban J connectivity index is 2.03. The van der Waals surface area contributed by atoms with Crippen molar-refractivity contribution in [1.29, 1.82) is 0 Å². The normalized spacial score (nSPS) is 29.9. The van der Waals surface area contributed by atoms with Crippen molar-refractivity contribution in [2.24, 2.45) is 15.6 Å². The van der Waals surface area contributed by atoms with Crippen molar-refractivity contribution in [2.75, 3.05) is 20.8 Å². The molecule has 3 unspecified atom stereocenters. The maximum atomic E-state index is 13.3. The largest absolute Gasteiger partial charge is 0.507 e. The molecule has 29 heavy (non-hydrogen) atoms. The maximum absolute atomic E-state index is 13.3. The fourth-order valence-electron chi connectivity index (χ4n) is 3.90. The molecule has 0 bridgehead atoms. The number of phenolic OH excluding ortho intramolecular Hbond substituents is 1. The van der Waals surface area contributed by atoms with Crippen molar-refractivity contribution in [3.05, 3.63) is 34.1 Å². The van der Waals surface area contributed by atoms with Crippen LogP contribution in [0.5, 0.6) is 11.5 Å². The van der Waals surface area contributed by atoms with Crippen LogP contribution in [-0.2, 0) is 23.8 Å². The standard InChI is InChI=1S/C18H15ClN2O8/c1-7-4-8(22)10-9(5-7)28-18(29-15(10)24)14(23)11(19)12(26-2)13-17(18,6-20-21-13)16(25)27-3/h4-5,13,22H,6H2,1-3H3. The van der Waals surface area contributed by atoms with Gasteiger partial charge in [0, 0.05) is 0 Å². The minimum absolute atomic E-state index is 0.119. The number of methoxy groups -OCH3 is 2. The Kier molecular flexibility index (Phi) is 4.09. The molecule has 0 saturated carbocycles. The fraction of sp³-hybridized carbons (Fsp3) is 0.389. The molecule has 3 atom stereocenters. The van der Waals surface area contributed by atoms with E-state index < -0.39 is 45.7 Å². The summed E-state index contributed by atoms with van der Waals surface area (Å²) in [6.07, 6.45) is 0. The first-order chi connectivity index (χ1) is 13.7. The second-order valence-electron chi connectivity index (χ2n) is 6.76. The summed E-state index contributed by atoms with van der Waals surface area (Å²) in [7, 11) is 2.36. The molecular weight excluding hydrogens is 408 g/mol. The Morgan fingerprint density at radius 3 is 2.69 bits per heavy atom. The van der Waals surface area contributed by atoms with Crippen molar-refractivity contribution in [2.45, 2.75) is 18.8 Å². The number of rotatable bonds is 2. The first-order valence-corrected chi connectivity index (χ1v) is 8.80. The first kappa shape index (κ1) is 19.2. The van der Waals surface area contributed by atoms with Gasteiger partial charge in [-0.3, -0.25) is 9.59 Å². The van der Waals surface area contributed by atoms with Crippen LogP contribution < -0.4 is 4.74 Å². The molecule has 3 aliphatic rings. The van der Waals surface area contributed by atoms with Gasteiger partial charge in [0.05, 0.1) is 20.8 Å². The lowest BCUT2D eigenvalue weighted by atomic mass is 9.67. The van der Waals surface area contributed by atoms with Crippen LogP contribution in [0.2, 0.25) is 0 Å². The molecule has 0 aromatic heterocycles. The Morgan fingerprint density at radius 1 is 1.31 bits per heavy atom. The zero-order valence-electron chi connectivity index (χ0n) is 15.5. The lowest BCUT2D eigenvalue weighted by Crippen LogP contribution is -2.72. The Bertz CT molecular complexity index is 1030. The van der Waals surface area contributed by atoms with Gasteiger partial charge in [-0.1, -0.05) is 11.6 Å². The number of phenols is 1. The number of carbonyl (C=O) groups excluding carboxylic acids is 3. The van der Waals surface area contributed by atoms with E-state index in [1.807, 2.05) is 0 Å². The first-order valence-electron chi connectivity index (χ1n) is 8.43. The van der Waals surface area contributed by atoms with Crippen LogP contribution in [0.1, 0.15) is 15.9 Å². The van der Waals surface area contributed by atoms with E-state index in [1.165, 1.54) is 19.2 Å². The molecule has 0 fully saturated rings. The number of ether oxygens (including phenoxy) is 4. The van der Waals surface area contributed by atoms with Crippen LogP contribution in [-0.4, -0.2) is 55.4 Å². The van der Waals surface area contributed by atoms with E-state index in [4.69, 9.17) is 30.5 Å². The number of carbonyl (C=O) groups is 3. The van der Waals surface area contributed by atoms with Crippen molar-refractivity contribution in [1.82, 2.24) is 0 Å². The number of ketones is 1. The molecule has 1 N–H and O–H groups in total. The van der Waals surface area contributed by atoms with Crippen molar-refractivity contribution < 1.29 is 38.4 Å². The lowest BCUT2D eigenvalue weighted by molar-refractivity contribution is -0.230. The monoisotopic (exact) mass is 422 g/mol. The summed E-state index contributed by atoms with van der Waals surface area (Å²) < 4.78 is 21.4. The van der Waals surface area contributed by atoms with Crippen LogP contribution in [0.3, 0.4) is 0 Å². The number of azo groups is 1. The van der Waals surface area contributed by atoms with Gasteiger partial charge in [0.1, 0.15) is 27.9 Å². The molecule has 4 rings (SSSR count). The topological polar surface area (TPSA) is 133 Å². The van der Waals surface area contributed by atoms with Crippen molar-refractivity contribution in [3.8, 4) is 11.5 Å². The predicted octanol–water partition coefficient (Wildman–Crippen LogP) is 1.62. The lowest BCUT2D eigenvalue weighted by Gasteiger charge is -2.48. The van der Waals surface area contributed by atoms with Crippen molar-refractivity contribution >= 4 is 29.3 Å². The highest BCUT2D eigenvalue weighted by molar-refractivity contribution is 6.44. The van der Waals surface area contributed by atoms with Crippen LogP contribution >= 0.6 is 11.6 Å². The highest BCUT2D eigenvalue weighted by atomic mass is 35.5. The molecule has 1 spiro atoms. The van der Waals surface area contributed by atoms with Gasteiger partial charge in [0.2, 0.25) is 5.41 Å². The average molecular weight is 423 g/mol. The van der Waals surface area contributed by atoms with Crippen LogP contribution in [0.4, 0.5) is 0 Å². The summed E-state index contributed by atoms with van der Waals surface area (Å²) in [5.41, 5.74) is -1.75. The quantitative estimate of drug-likeness (QED) is 0.711. The zero-order valence-corrected chi connectivity index (χ0v) is 16.3. The van der Waals surface area contributed by atoms with Gasteiger partial charge in [-0.05, 0) is 24.6 Å². The highest BCUT2D eigenvalue weighted by Crippen LogP contribution is 2.56. The third-order valence-electron chi connectivity index (χ3n) is 5.22. The Labute approximate surface area is 169 Å². The van der Waals surface area contributed by atoms with E-state index in [9.17, 15) is 19.5 Å². The van der Waals surface area contributed by atoms with Crippen LogP contribution in [0.25, 0.3) is 0 Å². The minimum Gasteiger partial charge on any atom is -0.507 e. The molecule has 0 radical (unpaired) electrons. The number of hydrogen-bond donors (Lipinski definition) is 1. The van der Waals surface area contributed by atoms with Gasteiger partial charge in [-0.25, -0.2) is 4.79 Å². The molecule has 2 aliphatic heterocycles. The number of benzene rings is 1. The van der Waals surface area contributed by atoms with Gasteiger partial charge >= 0.3 is 17.7 Å². The number of halogens is 1. The summed E-state index contributed by atoms with van der Waals surface area (Å²) in [4.78, 5) is 39.1. The molecule has 10 nitrogen and oxygen atoms in total. The minimum atomic E-state index is -2.54. The maximum Gasteiger partial charge on any atom is 0.349 e. The number of nitrogens with zero attached hydrogens (tertiary/aromatic N) is 2. The zero-order chi connectivity index (χ0) is 21.1. The number of esters is 2. The average Bonchev–Trinajstić information content (AvgIpc) is 3.12. The molecule has 0 amide bonds. The summed E-state index contributed by atoms with van der Waals surface area (Å²) in [6.45, 7) is 1.27. The van der Waals surface area contributed by atoms with Crippen molar-refractivity contribution in [3.63, 3.8) is 0 Å². The summed E-state index contributed by atoms with van der Waals surface area (Å²) in [6, 6.07) is 1.54. The predicted molar refractivity (Wildman–Crippen MR) is 94.5 cm³/mol. The summed E-state index contributed by atoms with van der Waals surface area (Å²) in [5, 5.41) is 17.6. The summed E-state index contributed by atoms with van der Waals surface area (Å²) in [5.74, 6) is -6.25. The second-order valence-corrected chi connectivity index (χ2v) is 7.14. The van der Waals surface area contributed by atoms with Gasteiger partial charge in [-0.15, -0.1) is 0 Å². The smallest absolute Gasteiger partial charge is 0.349 e. The number of aryl methyl sites for hydroxylation is 1. The number of aromatic hydroxyl groups is 1. The summed E-state index contributed by atoms with van der Waals surface area (Å²) >= 11 is 6.20. The molecular formula is C18H15ClN2O8. The Morgan fingerprint density at radius 2 is 2.03 bits per heavy atom. The van der Waals surface area contributed by atoms with E-state index in [-0.39, 0.29) is 23.6 Å². The van der Waals surface area contributed by atoms with E-state index in [0.717, 1.165) is 7.11 Å². The van der Waals surface area contributed by atoms with Gasteiger partial charge in [0.25, 0.3) is 5.78 Å². The van der Waals surface area contributed by atoms with Gasteiger partial charge in [-0.2, -0.15) is 10.2 Å².